The van der Waals surface area contributed by atoms with Gasteiger partial charge in [-0.3, -0.25) is 4.58 Å². The highest BCUT2D eigenvalue weighted by Gasteiger charge is 2.14. The van der Waals surface area contributed by atoms with E-state index in [1.807, 2.05) is 56.7 Å². The van der Waals surface area contributed by atoms with Crippen molar-refractivity contribution in [3.63, 3.8) is 0 Å². The van der Waals surface area contributed by atoms with Crippen LogP contribution in [0.5, 0.6) is 0 Å². The normalized spacial score (nSPS) is 12.2. The Kier molecular flexibility index (Phi) is 8.72. The van der Waals surface area contributed by atoms with Gasteiger partial charge in [0.05, 0.1) is 18.5 Å². The number of hydrogen-bond donors (Lipinski definition) is 2. The van der Waals surface area contributed by atoms with Crippen molar-refractivity contribution in [1.29, 1.82) is 0 Å². The lowest BCUT2D eigenvalue weighted by atomic mass is 10.2. The molecule has 0 saturated heterocycles. The second-order valence-corrected chi connectivity index (χ2v) is 7.98. The van der Waals surface area contributed by atoms with Crippen molar-refractivity contribution >= 4 is 21.5 Å². The van der Waals surface area contributed by atoms with Crippen LogP contribution in [0.1, 0.15) is 18.1 Å². The van der Waals surface area contributed by atoms with Gasteiger partial charge in [0.2, 0.25) is 15.9 Å². The molecule has 0 aliphatic rings. The van der Waals surface area contributed by atoms with E-state index in [9.17, 15) is 8.42 Å². The van der Waals surface area contributed by atoms with Gasteiger partial charge in [-0.15, -0.1) is 0 Å². The molecular formula is C19H26IN3O2S. The highest BCUT2D eigenvalue weighted by atomic mass is 127. The molecule has 0 radical (unpaired) electrons. The van der Waals surface area contributed by atoms with E-state index in [1.54, 1.807) is 24.3 Å². The second-order valence-electron chi connectivity index (χ2n) is 6.21. The number of sulfonamides is 1. The standard InChI is InChI=1S/C19H25N3O2S.HI/c1-15-5-9-18(10-6-15)21-17(3)22(4)14-13-20-25(23,24)19-11-7-16(2)8-12-19;/h5-12,20H,13-14H2,1-4H3;1H. The number of nitrogens with one attached hydrogen (secondary N) is 2. The fraction of sp³-hybridized carbons (Fsp3) is 0.316. The third-order valence-corrected chi connectivity index (χ3v) is 5.50. The van der Waals surface area contributed by atoms with Crippen LogP contribution >= 0.6 is 0 Å². The van der Waals surface area contributed by atoms with Crippen LogP contribution in [0.3, 0.4) is 0 Å². The van der Waals surface area contributed by atoms with Gasteiger partial charge in [0.1, 0.15) is 5.69 Å². The van der Waals surface area contributed by atoms with Gasteiger partial charge >= 0.3 is 0 Å². The van der Waals surface area contributed by atoms with E-state index in [0.29, 0.717) is 18.0 Å². The third-order valence-electron chi connectivity index (χ3n) is 4.02. The van der Waals surface area contributed by atoms with Crippen molar-refractivity contribution in [2.45, 2.75) is 25.7 Å². The number of halogens is 1. The monoisotopic (exact) mass is 487 g/mol. The van der Waals surface area contributed by atoms with Crippen LogP contribution in [-0.2, 0) is 10.0 Å². The molecule has 26 heavy (non-hydrogen) atoms. The molecule has 0 aliphatic heterocycles. The van der Waals surface area contributed by atoms with Crippen LogP contribution in [0.2, 0.25) is 0 Å². The van der Waals surface area contributed by atoms with Crippen molar-refractivity contribution in [2.75, 3.05) is 25.5 Å². The van der Waals surface area contributed by atoms with E-state index in [4.69, 9.17) is 0 Å². The molecule has 7 heteroatoms. The smallest absolute Gasteiger partial charge is 0.246 e. The lowest BCUT2D eigenvalue weighted by Crippen LogP contribution is -3.00. The fourth-order valence-corrected chi connectivity index (χ4v) is 3.28. The van der Waals surface area contributed by atoms with E-state index in [0.717, 1.165) is 17.1 Å². The number of likely N-dealkylation sites (N-methyl/N-ethyl adjacent to an activating group) is 1. The van der Waals surface area contributed by atoms with Gasteiger partial charge in [-0.2, -0.15) is 0 Å². The molecule has 0 atom stereocenters. The Balaban J connectivity index is 0.00000338. The molecule has 2 N–H and O–H groups in total. The number of nitrogens with zero attached hydrogens (tertiary/aromatic N) is 1. The van der Waals surface area contributed by atoms with Gasteiger partial charge in [-0.05, 0) is 38.1 Å². The first-order valence-corrected chi connectivity index (χ1v) is 9.71. The zero-order chi connectivity index (χ0) is 18.4. The molecule has 0 spiro atoms. The summed E-state index contributed by atoms with van der Waals surface area (Å²) in [5, 5.41) is 3.32. The van der Waals surface area contributed by atoms with Crippen LogP contribution in [0, 0.1) is 13.8 Å². The number of hydrogen-bond acceptors (Lipinski definition) is 2. The summed E-state index contributed by atoms with van der Waals surface area (Å²) in [7, 11) is -1.54. The summed E-state index contributed by atoms with van der Waals surface area (Å²) in [5.41, 5.74) is 3.25. The average Bonchev–Trinajstić information content (AvgIpc) is 2.57. The SMILES string of the molecule is CC(Nc1ccc(C)cc1)=[N+](C)CCNS(=O)(=O)c1ccc(C)cc1.[I-]. The summed E-state index contributed by atoms with van der Waals surface area (Å²) in [6.45, 7) is 6.84. The number of anilines is 1. The Bertz CT molecular complexity index is 845. The minimum atomic E-state index is -3.47. The zero-order valence-corrected chi connectivity index (χ0v) is 18.6. The first-order valence-electron chi connectivity index (χ1n) is 8.22. The van der Waals surface area contributed by atoms with Gasteiger partial charge in [0.15, 0.2) is 0 Å². The van der Waals surface area contributed by atoms with Crippen molar-refractivity contribution in [1.82, 2.24) is 4.72 Å². The molecule has 2 aromatic carbocycles. The second kappa shape index (κ2) is 10.0. The summed E-state index contributed by atoms with van der Waals surface area (Å²) in [5.74, 6) is 0.957. The Hall–Kier alpha value is -1.45. The van der Waals surface area contributed by atoms with Gasteiger partial charge in [-0.25, -0.2) is 18.5 Å². The molecule has 0 fully saturated rings. The largest absolute Gasteiger partial charge is 1.00 e. The molecule has 5 nitrogen and oxygen atoms in total. The first kappa shape index (κ1) is 22.6. The lowest BCUT2D eigenvalue weighted by Gasteiger charge is -2.09. The Labute approximate surface area is 173 Å². The summed E-state index contributed by atoms with van der Waals surface area (Å²) in [6, 6.07) is 15.0. The van der Waals surface area contributed by atoms with Crippen LogP contribution < -0.4 is 34.0 Å². The van der Waals surface area contributed by atoms with E-state index < -0.39 is 10.0 Å². The van der Waals surface area contributed by atoms with Crippen molar-refractivity contribution in [3.05, 3.63) is 59.7 Å². The van der Waals surface area contributed by atoms with E-state index in [2.05, 4.69) is 10.0 Å². The molecular weight excluding hydrogens is 461 g/mol. The Morgan fingerprint density at radius 2 is 1.46 bits per heavy atom. The quantitative estimate of drug-likeness (QED) is 0.256. The number of aryl methyl sites for hydroxylation is 2. The predicted octanol–water partition coefficient (Wildman–Crippen LogP) is -0.241. The Morgan fingerprint density at radius 1 is 0.962 bits per heavy atom. The number of rotatable bonds is 6. The van der Waals surface area contributed by atoms with Crippen LogP contribution in [0.15, 0.2) is 53.4 Å². The van der Waals surface area contributed by atoms with Crippen LogP contribution in [-0.4, -0.2) is 39.0 Å². The molecule has 0 unspecified atom stereocenters. The summed E-state index contributed by atoms with van der Waals surface area (Å²) >= 11 is 0. The Morgan fingerprint density at radius 3 is 2.00 bits per heavy atom. The molecule has 2 rings (SSSR count). The first-order chi connectivity index (χ1) is 11.8. The fourth-order valence-electron chi connectivity index (χ4n) is 2.26. The van der Waals surface area contributed by atoms with Gasteiger partial charge in [-0.1, -0.05) is 35.4 Å². The maximum absolute atomic E-state index is 12.3. The zero-order valence-electron chi connectivity index (χ0n) is 15.6. The third kappa shape index (κ3) is 6.69. The van der Waals surface area contributed by atoms with Crippen molar-refractivity contribution < 1.29 is 37.0 Å². The highest BCUT2D eigenvalue weighted by molar-refractivity contribution is 7.89. The van der Waals surface area contributed by atoms with Crippen molar-refractivity contribution in [3.8, 4) is 0 Å². The van der Waals surface area contributed by atoms with Crippen LogP contribution in [0.25, 0.3) is 0 Å². The lowest BCUT2D eigenvalue weighted by molar-refractivity contribution is -0.495. The maximum atomic E-state index is 12.3. The van der Waals surface area contributed by atoms with Gasteiger partial charge < -0.3 is 24.0 Å². The minimum Gasteiger partial charge on any atom is -1.00 e. The molecule has 0 saturated carbocycles. The molecule has 2 aromatic rings. The summed E-state index contributed by atoms with van der Waals surface area (Å²) in [4.78, 5) is 0.291. The van der Waals surface area contributed by atoms with E-state index >= 15 is 0 Å². The molecule has 0 aliphatic carbocycles. The van der Waals surface area contributed by atoms with Gasteiger partial charge in [0.25, 0.3) is 0 Å². The van der Waals surface area contributed by atoms with E-state index in [1.165, 1.54) is 5.56 Å². The maximum Gasteiger partial charge on any atom is 0.246 e. The summed E-state index contributed by atoms with van der Waals surface area (Å²) in [6.07, 6.45) is 0. The average molecular weight is 487 g/mol. The summed E-state index contributed by atoms with van der Waals surface area (Å²) < 4.78 is 29.2. The highest BCUT2D eigenvalue weighted by Crippen LogP contribution is 2.10. The molecule has 142 valence electrons. The predicted molar refractivity (Wildman–Crippen MR) is 103 cm³/mol. The van der Waals surface area contributed by atoms with E-state index in [-0.39, 0.29) is 24.0 Å². The number of benzene rings is 2. The topological polar surface area (TPSA) is 61.2 Å². The number of amidine groups is 1. The van der Waals surface area contributed by atoms with Crippen molar-refractivity contribution in [2.24, 2.45) is 0 Å². The van der Waals surface area contributed by atoms with Gasteiger partial charge in [0, 0.05) is 13.5 Å². The molecule has 0 heterocycles. The molecule has 0 amide bonds. The molecule has 0 bridgehead atoms. The minimum absolute atomic E-state index is 0. The molecule has 0 aromatic heterocycles. The van der Waals surface area contributed by atoms with Crippen LogP contribution in [0.4, 0.5) is 5.69 Å².